The second-order valence-corrected chi connectivity index (χ2v) is 10.0. The lowest BCUT2D eigenvalue weighted by atomic mass is 9.79. The maximum Gasteiger partial charge on any atom is 0.407 e. The third-order valence-electron chi connectivity index (χ3n) is 8.03. The van der Waals surface area contributed by atoms with E-state index in [9.17, 15) is 19.5 Å². The van der Waals surface area contributed by atoms with Crippen LogP contribution in [-0.2, 0) is 14.3 Å². The van der Waals surface area contributed by atoms with E-state index >= 15 is 0 Å². The van der Waals surface area contributed by atoms with Crippen molar-refractivity contribution in [3.05, 3.63) is 59.7 Å². The highest BCUT2D eigenvalue weighted by atomic mass is 16.5. The number of ether oxygens (including phenoxy) is 1. The number of hydrogen-bond donors (Lipinski definition) is 3. The molecule has 3 atom stereocenters. The van der Waals surface area contributed by atoms with Gasteiger partial charge >= 0.3 is 12.1 Å². The molecule has 3 aliphatic carbocycles. The lowest BCUT2D eigenvalue weighted by Crippen LogP contribution is -2.50. The van der Waals surface area contributed by atoms with Crippen molar-refractivity contribution in [1.29, 1.82) is 0 Å². The summed E-state index contributed by atoms with van der Waals surface area (Å²) in [5, 5.41) is 15.1. The van der Waals surface area contributed by atoms with Crippen LogP contribution < -0.4 is 10.6 Å². The number of nitrogens with one attached hydrogen (secondary N) is 2. The normalized spacial score (nSPS) is 21.9. The van der Waals surface area contributed by atoms with Crippen molar-refractivity contribution in [2.75, 3.05) is 13.2 Å². The zero-order chi connectivity index (χ0) is 24.4. The molecule has 2 aromatic rings. The molecule has 5 rings (SSSR count). The maximum atomic E-state index is 12.9. The van der Waals surface area contributed by atoms with E-state index in [2.05, 4.69) is 34.9 Å². The van der Waals surface area contributed by atoms with Gasteiger partial charge in [0.05, 0.1) is 0 Å². The number of carboxylic acid groups (broad SMARTS) is 1. The van der Waals surface area contributed by atoms with Crippen LogP contribution in [0.4, 0.5) is 4.79 Å². The van der Waals surface area contributed by atoms with Crippen LogP contribution in [0.3, 0.4) is 0 Å². The SMILES string of the molecule is O=C(NC[C@H]1CCC[C@H]1C(=O)NC(C(=O)O)C1CCC1)OCC1c2ccccc2-c2ccccc21. The van der Waals surface area contributed by atoms with Crippen LogP contribution in [0.25, 0.3) is 11.1 Å². The molecule has 7 nitrogen and oxygen atoms in total. The molecule has 0 heterocycles. The Labute approximate surface area is 205 Å². The summed E-state index contributed by atoms with van der Waals surface area (Å²) < 4.78 is 5.62. The molecule has 1 unspecified atom stereocenters. The fourth-order valence-corrected chi connectivity index (χ4v) is 5.90. The van der Waals surface area contributed by atoms with E-state index < -0.39 is 18.1 Å². The largest absolute Gasteiger partial charge is 0.480 e. The topological polar surface area (TPSA) is 105 Å². The van der Waals surface area contributed by atoms with Crippen LogP contribution in [0.15, 0.2) is 48.5 Å². The average Bonchev–Trinajstić information content (AvgIpc) is 3.42. The van der Waals surface area contributed by atoms with Crippen LogP contribution in [0.2, 0.25) is 0 Å². The molecule has 0 saturated heterocycles. The van der Waals surface area contributed by atoms with Gasteiger partial charge in [-0.25, -0.2) is 9.59 Å². The number of carbonyl (C=O) groups excluding carboxylic acids is 2. The van der Waals surface area contributed by atoms with Crippen LogP contribution >= 0.6 is 0 Å². The van der Waals surface area contributed by atoms with E-state index in [-0.39, 0.29) is 36.2 Å². The predicted molar refractivity (Wildman–Crippen MR) is 131 cm³/mol. The number of benzene rings is 2. The van der Waals surface area contributed by atoms with Gasteiger partial charge in [0.25, 0.3) is 0 Å². The Hall–Kier alpha value is -3.35. The first-order valence-electron chi connectivity index (χ1n) is 12.6. The third-order valence-corrected chi connectivity index (χ3v) is 8.03. The molecule has 2 amide bonds. The molecule has 0 radical (unpaired) electrons. The minimum Gasteiger partial charge on any atom is -0.480 e. The average molecular weight is 477 g/mol. The van der Waals surface area contributed by atoms with Crippen LogP contribution in [-0.4, -0.2) is 42.3 Å². The maximum absolute atomic E-state index is 12.9. The molecule has 0 bridgehead atoms. The molecular weight excluding hydrogens is 444 g/mol. The number of rotatable bonds is 8. The van der Waals surface area contributed by atoms with Gasteiger partial charge in [0.2, 0.25) is 5.91 Å². The monoisotopic (exact) mass is 476 g/mol. The van der Waals surface area contributed by atoms with Gasteiger partial charge < -0.3 is 20.5 Å². The Kier molecular flexibility index (Phi) is 6.75. The fourth-order valence-electron chi connectivity index (χ4n) is 5.90. The summed E-state index contributed by atoms with van der Waals surface area (Å²) in [6.45, 7) is 0.589. The van der Waals surface area contributed by atoms with E-state index in [1.807, 2.05) is 24.3 Å². The number of aliphatic carboxylic acids is 1. The molecule has 3 aliphatic rings. The Morgan fingerprint density at radius 3 is 2.14 bits per heavy atom. The van der Waals surface area contributed by atoms with Gasteiger partial charge in [-0.05, 0) is 59.8 Å². The summed E-state index contributed by atoms with van der Waals surface area (Å²) in [5.41, 5.74) is 4.68. The van der Waals surface area contributed by atoms with E-state index in [1.54, 1.807) is 0 Å². The molecular formula is C28H32N2O5. The fraction of sp³-hybridized carbons (Fsp3) is 0.464. The Morgan fingerprint density at radius 2 is 1.54 bits per heavy atom. The van der Waals surface area contributed by atoms with Crippen molar-refractivity contribution in [3.8, 4) is 11.1 Å². The van der Waals surface area contributed by atoms with Crippen molar-refractivity contribution in [3.63, 3.8) is 0 Å². The molecule has 2 aromatic carbocycles. The molecule has 0 aliphatic heterocycles. The van der Waals surface area contributed by atoms with Gasteiger partial charge in [-0.1, -0.05) is 61.4 Å². The van der Waals surface area contributed by atoms with E-state index in [4.69, 9.17) is 4.74 Å². The molecule has 7 heteroatoms. The minimum absolute atomic E-state index is 0.00221. The number of hydrogen-bond acceptors (Lipinski definition) is 4. The second-order valence-electron chi connectivity index (χ2n) is 10.0. The Bertz CT molecular complexity index is 1070. The van der Waals surface area contributed by atoms with E-state index in [0.29, 0.717) is 13.0 Å². The molecule has 0 spiro atoms. The Morgan fingerprint density at radius 1 is 0.914 bits per heavy atom. The zero-order valence-corrected chi connectivity index (χ0v) is 19.7. The summed E-state index contributed by atoms with van der Waals surface area (Å²) in [7, 11) is 0. The second kappa shape index (κ2) is 10.1. The summed E-state index contributed by atoms with van der Waals surface area (Å²) in [5.74, 6) is -1.46. The number of carbonyl (C=O) groups is 3. The number of alkyl carbamates (subject to hydrolysis) is 1. The van der Waals surface area contributed by atoms with Gasteiger partial charge in [-0.3, -0.25) is 4.79 Å². The summed E-state index contributed by atoms with van der Waals surface area (Å²) in [6.07, 6.45) is 4.62. The quantitative estimate of drug-likeness (QED) is 0.527. The molecule has 35 heavy (non-hydrogen) atoms. The first-order chi connectivity index (χ1) is 17.0. The van der Waals surface area contributed by atoms with Crippen molar-refractivity contribution >= 4 is 18.0 Å². The molecule has 0 aromatic heterocycles. The molecule has 2 saturated carbocycles. The van der Waals surface area contributed by atoms with Crippen molar-refractivity contribution in [1.82, 2.24) is 10.6 Å². The van der Waals surface area contributed by atoms with Crippen LogP contribution in [0, 0.1) is 17.8 Å². The predicted octanol–water partition coefficient (Wildman–Crippen LogP) is 4.31. The molecule has 2 fully saturated rings. The highest BCUT2D eigenvalue weighted by Gasteiger charge is 2.39. The van der Waals surface area contributed by atoms with Gasteiger partial charge in [0.15, 0.2) is 0 Å². The molecule has 3 N–H and O–H groups in total. The number of carboxylic acids is 1. The first-order valence-corrected chi connectivity index (χ1v) is 12.6. The first kappa shape index (κ1) is 23.4. The number of amides is 2. The summed E-state index contributed by atoms with van der Waals surface area (Å²) >= 11 is 0. The smallest absolute Gasteiger partial charge is 0.407 e. The minimum atomic E-state index is -0.964. The van der Waals surface area contributed by atoms with E-state index in [1.165, 1.54) is 11.1 Å². The van der Waals surface area contributed by atoms with Crippen molar-refractivity contribution in [2.45, 2.75) is 50.5 Å². The molecule has 184 valence electrons. The Balaban J connectivity index is 1.14. The van der Waals surface area contributed by atoms with Gasteiger partial charge in [0, 0.05) is 18.4 Å². The van der Waals surface area contributed by atoms with Crippen LogP contribution in [0.5, 0.6) is 0 Å². The van der Waals surface area contributed by atoms with Gasteiger partial charge in [-0.15, -0.1) is 0 Å². The highest BCUT2D eigenvalue weighted by molar-refractivity contribution is 5.85. The van der Waals surface area contributed by atoms with Crippen molar-refractivity contribution < 1.29 is 24.2 Å². The summed E-state index contributed by atoms with van der Waals surface area (Å²) in [6, 6.07) is 15.6. The number of fused-ring (bicyclic) bond motifs is 3. The zero-order valence-electron chi connectivity index (χ0n) is 19.7. The third kappa shape index (κ3) is 4.77. The van der Waals surface area contributed by atoms with E-state index in [0.717, 1.165) is 43.2 Å². The van der Waals surface area contributed by atoms with Crippen LogP contribution in [0.1, 0.15) is 55.6 Å². The van der Waals surface area contributed by atoms with Gasteiger partial charge in [0.1, 0.15) is 12.6 Å². The summed E-state index contributed by atoms with van der Waals surface area (Å²) in [4.78, 5) is 37.1. The highest BCUT2D eigenvalue weighted by Crippen LogP contribution is 2.44. The lowest BCUT2D eigenvalue weighted by molar-refractivity contribution is -0.145. The van der Waals surface area contributed by atoms with Crippen molar-refractivity contribution in [2.24, 2.45) is 17.8 Å². The standard InChI is InChI=1S/C28H32N2O5/c31-26(30-25(27(32)33)17-7-5-8-17)19-14-6-9-18(19)15-29-28(34)35-16-24-22-12-3-1-10-20(22)21-11-2-4-13-23(21)24/h1-4,10-13,17-19,24-25H,5-9,14-16H2,(H,29,34)(H,30,31)(H,32,33)/t18-,19-,25?/m1/s1. The lowest BCUT2D eigenvalue weighted by Gasteiger charge is -2.32. The van der Waals surface area contributed by atoms with Gasteiger partial charge in [-0.2, -0.15) is 0 Å².